The first-order valence-electron chi connectivity index (χ1n) is 6.04. The van der Waals surface area contributed by atoms with E-state index in [2.05, 4.69) is 25.7 Å². The quantitative estimate of drug-likeness (QED) is 0.736. The molecule has 1 aliphatic heterocycles. The minimum absolute atomic E-state index is 0.321. The molecule has 0 bridgehead atoms. The first-order chi connectivity index (χ1) is 6.93. The monoisotopic (exact) mass is 214 g/mol. The summed E-state index contributed by atoms with van der Waals surface area (Å²) in [5.41, 5.74) is 5.80. The molecule has 0 saturated carbocycles. The zero-order chi connectivity index (χ0) is 11.5. The van der Waals surface area contributed by atoms with Crippen LogP contribution >= 0.6 is 0 Å². The molecule has 0 radical (unpaired) electrons. The molecular formula is C12H26N2O. The number of likely N-dealkylation sites (tertiary alicyclic amines) is 1. The maximum Gasteiger partial charge on any atom is 0.0674 e. The van der Waals surface area contributed by atoms with Crippen LogP contribution in [0.1, 0.15) is 33.6 Å². The van der Waals surface area contributed by atoms with Crippen LogP contribution < -0.4 is 5.73 Å². The first-order valence-corrected chi connectivity index (χ1v) is 6.04. The van der Waals surface area contributed by atoms with Crippen LogP contribution in [0.15, 0.2) is 0 Å². The molecule has 1 aliphatic rings. The standard InChI is InChI=1S/C12H26N2O/c1-12(2,3)10-4-6-14(9-10)7-5-11(15)8-13/h10-11,15H,4-9,13H2,1-3H3. The van der Waals surface area contributed by atoms with E-state index in [-0.39, 0.29) is 6.10 Å². The average molecular weight is 214 g/mol. The van der Waals surface area contributed by atoms with Crippen LogP contribution in [0.25, 0.3) is 0 Å². The zero-order valence-electron chi connectivity index (χ0n) is 10.4. The Morgan fingerprint density at radius 1 is 1.47 bits per heavy atom. The third-order valence-electron chi connectivity index (χ3n) is 3.55. The van der Waals surface area contributed by atoms with E-state index < -0.39 is 0 Å². The Kier molecular flexibility index (Phi) is 4.56. The van der Waals surface area contributed by atoms with Gasteiger partial charge in [-0.2, -0.15) is 0 Å². The normalized spacial score (nSPS) is 25.8. The van der Waals surface area contributed by atoms with Crippen molar-refractivity contribution < 1.29 is 5.11 Å². The van der Waals surface area contributed by atoms with Gasteiger partial charge in [-0.15, -0.1) is 0 Å². The van der Waals surface area contributed by atoms with E-state index in [1.807, 2.05) is 0 Å². The highest BCUT2D eigenvalue weighted by Gasteiger charge is 2.31. The Morgan fingerprint density at radius 2 is 2.13 bits per heavy atom. The van der Waals surface area contributed by atoms with E-state index in [1.54, 1.807) is 0 Å². The Morgan fingerprint density at radius 3 is 2.60 bits per heavy atom. The highest BCUT2D eigenvalue weighted by atomic mass is 16.3. The smallest absolute Gasteiger partial charge is 0.0674 e. The minimum Gasteiger partial charge on any atom is -0.392 e. The molecule has 0 aromatic rings. The van der Waals surface area contributed by atoms with Crippen LogP contribution in [0.4, 0.5) is 0 Å². The van der Waals surface area contributed by atoms with E-state index in [9.17, 15) is 5.11 Å². The molecule has 15 heavy (non-hydrogen) atoms. The molecule has 1 fully saturated rings. The van der Waals surface area contributed by atoms with Gasteiger partial charge in [-0.25, -0.2) is 0 Å². The maximum absolute atomic E-state index is 9.39. The molecule has 1 heterocycles. The summed E-state index contributed by atoms with van der Waals surface area (Å²) in [6.07, 6.45) is 1.79. The van der Waals surface area contributed by atoms with Gasteiger partial charge in [0.15, 0.2) is 0 Å². The molecule has 1 rings (SSSR count). The molecule has 3 heteroatoms. The molecule has 1 saturated heterocycles. The highest BCUT2D eigenvalue weighted by Crippen LogP contribution is 2.33. The van der Waals surface area contributed by atoms with Crippen molar-refractivity contribution in [2.45, 2.75) is 39.7 Å². The lowest BCUT2D eigenvalue weighted by molar-refractivity contribution is 0.149. The van der Waals surface area contributed by atoms with Gasteiger partial charge in [0.1, 0.15) is 0 Å². The van der Waals surface area contributed by atoms with Crippen molar-refractivity contribution in [1.82, 2.24) is 4.90 Å². The predicted octanol–water partition coefficient (Wildman–Crippen LogP) is 1.06. The predicted molar refractivity (Wildman–Crippen MR) is 63.7 cm³/mol. The summed E-state index contributed by atoms with van der Waals surface area (Å²) in [4.78, 5) is 2.45. The maximum atomic E-state index is 9.39. The first kappa shape index (κ1) is 12.9. The lowest BCUT2D eigenvalue weighted by Crippen LogP contribution is -2.30. The van der Waals surface area contributed by atoms with Crippen LogP contribution in [0.5, 0.6) is 0 Å². The molecular weight excluding hydrogens is 188 g/mol. The van der Waals surface area contributed by atoms with Crippen molar-refractivity contribution in [2.24, 2.45) is 17.1 Å². The van der Waals surface area contributed by atoms with Gasteiger partial charge < -0.3 is 15.7 Å². The van der Waals surface area contributed by atoms with Gasteiger partial charge in [-0.05, 0) is 30.7 Å². The molecule has 0 aliphatic carbocycles. The van der Waals surface area contributed by atoms with Crippen molar-refractivity contribution >= 4 is 0 Å². The molecule has 0 aromatic carbocycles. The zero-order valence-corrected chi connectivity index (χ0v) is 10.4. The highest BCUT2D eigenvalue weighted by molar-refractivity contribution is 4.84. The van der Waals surface area contributed by atoms with Crippen LogP contribution in [0, 0.1) is 11.3 Å². The van der Waals surface area contributed by atoms with Gasteiger partial charge >= 0.3 is 0 Å². The number of rotatable bonds is 4. The number of nitrogens with zero attached hydrogens (tertiary/aromatic N) is 1. The molecule has 0 amide bonds. The van der Waals surface area contributed by atoms with Crippen molar-refractivity contribution in [1.29, 1.82) is 0 Å². The third kappa shape index (κ3) is 4.09. The molecule has 90 valence electrons. The Hall–Kier alpha value is -0.120. The fourth-order valence-electron chi connectivity index (χ4n) is 2.19. The van der Waals surface area contributed by atoms with Crippen LogP contribution in [0.2, 0.25) is 0 Å². The summed E-state index contributed by atoms with van der Waals surface area (Å²) in [6.45, 7) is 10.7. The second kappa shape index (κ2) is 5.28. The summed E-state index contributed by atoms with van der Waals surface area (Å²) in [5.74, 6) is 0.799. The van der Waals surface area contributed by atoms with E-state index in [0.29, 0.717) is 12.0 Å². The van der Waals surface area contributed by atoms with Gasteiger partial charge in [0.25, 0.3) is 0 Å². The van der Waals surface area contributed by atoms with Crippen molar-refractivity contribution in [3.8, 4) is 0 Å². The Labute approximate surface area is 93.6 Å². The van der Waals surface area contributed by atoms with Gasteiger partial charge in [0.2, 0.25) is 0 Å². The molecule has 3 nitrogen and oxygen atoms in total. The second-order valence-electron chi connectivity index (χ2n) is 5.83. The average Bonchev–Trinajstić information content (AvgIpc) is 2.61. The summed E-state index contributed by atoms with van der Waals surface area (Å²) in [5, 5.41) is 9.39. The van der Waals surface area contributed by atoms with Crippen molar-refractivity contribution in [3.05, 3.63) is 0 Å². The lowest BCUT2D eigenvalue weighted by Gasteiger charge is -2.27. The lowest BCUT2D eigenvalue weighted by atomic mass is 9.80. The topological polar surface area (TPSA) is 49.5 Å². The molecule has 3 N–H and O–H groups in total. The largest absolute Gasteiger partial charge is 0.392 e. The number of nitrogens with two attached hydrogens (primary N) is 1. The number of aliphatic hydroxyl groups is 1. The van der Waals surface area contributed by atoms with Crippen LogP contribution in [0.3, 0.4) is 0 Å². The van der Waals surface area contributed by atoms with E-state index in [0.717, 1.165) is 18.9 Å². The van der Waals surface area contributed by atoms with Gasteiger partial charge in [0.05, 0.1) is 6.10 Å². The summed E-state index contributed by atoms with van der Waals surface area (Å²) in [7, 11) is 0. The summed E-state index contributed by atoms with van der Waals surface area (Å²) < 4.78 is 0. The fraction of sp³-hybridized carbons (Fsp3) is 1.00. The third-order valence-corrected chi connectivity index (χ3v) is 3.55. The van der Waals surface area contributed by atoms with E-state index in [1.165, 1.54) is 19.5 Å². The molecule has 2 atom stereocenters. The van der Waals surface area contributed by atoms with Gasteiger partial charge in [-0.3, -0.25) is 0 Å². The SMILES string of the molecule is CC(C)(C)C1CCN(CCC(O)CN)C1. The van der Waals surface area contributed by atoms with Crippen LogP contribution in [-0.2, 0) is 0 Å². The van der Waals surface area contributed by atoms with Crippen LogP contribution in [-0.4, -0.2) is 42.3 Å². The summed E-state index contributed by atoms with van der Waals surface area (Å²) >= 11 is 0. The Bertz CT molecular complexity index is 189. The summed E-state index contributed by atoms with van der Waals surface area (Å²) in [6, 6.07) is 0. The van der Waals surface area contributed by atoms with E-state index in [4.69, 9.17) is 5.73 Å². The number of hydrogen-bond donors (Lipinski definition) is 2. The van der Waals surface area contributed by atoms with Gasteiger partial charge in [0, 0.05) is 19.6 Å². The van der Waals surface area contributed by atoms with Crippen molar-refractivity contribution in [3.63, 3.8) is 0 Å². The minimum atomic E-state index is -0.321. The number of hydrogen-bond acceptors (Lipinski definition) is 3. The molecule has 2 unspecified atom stereocenters. The van der Waals surface area contributed by atoms with Crippen molar-refractivity contribution in [2.75, 3.05) is 26.2 Å². The second-order valence-corrected chi connectivity index (χ2v) is 5.83. The van der Waals surface area contributed by atoms with E-state index >= 15 is 0 Å². The number of aliphatic hydroxyl groups excluding tert-OH is 1. The molecule has 0 aromatic heterocycles. The Balaban J connectivity index is 2.25. The fourth-order valence-corrected chi connectivity index (χ4v) is 2.19. The van der Waals surface area contributed by atoms with Gasteiger partial charge in [-0.1, -0.05) is 20.8 Å². The molecule has 0 spiro atoms.